The molecule has 0 N–H and O–H groups in total. The molecule has 1 amide bonds. The van der Waals surface area contributed by atoms with Crippen LogP contribution in [0.15, 0.2) is 69.3 Å². The van der Waals surface area contributed by atoms with E-state index in [2.05, 4.69) is 17.9 Å². The van der Waals surface area contributed by atoms with E-state index in [-0.39, 0.29) is 16.6 Å². The van der Waals surface area contributed by atoms with Crippen molar-refractivity contribution in [3.05, 3.63) is 71.4 Å². The van der Waals surface area contributed by atoms with E-state index in [0.29, 0.717) is 28.6 Å². The summed E-state index contributed by atoms with van der Waals surface area (Å²) < 4.78 is 54.1. The summed E-state index contributed by atoms with van der Waals surface area (Å²) in [4.78, 5) is 14.4. The molecule has 2 aromatic rings. The van der Waals surface area contributed by atoms with E-state index in [1.807, 2.05) is 6.07 Å². The molecule has 0 atom stereocenters. The Morgan fingerprint density at radius 3 is 2.45 bits per heavy atom. The largest absolute Gasteiger partial charge is 0.493 e. The summed E-state index contributed by atoms with van der Waals surface area (Å²) in [5, 5.41) is -0.00340. The van der Waals surface area contributed by atoms with Gasteiger partial charge in [0, 0.05) is 6.54 Å². The first kappa shape index (κ1) is 29.4. The number of unbranched alkanes of at least 4 members (excludes halogenated alkanes) is 5. The van der Waals surface area contributed by atoms with E-state index >= 15 is 0 Å². The van der Waals surface area contributed by atoms with Gasteiger partial charge in [-0.3, -0.25) is 9.69 Å². The Labute approximate surface area is 228 Å². The van der Waals surface area contributed by atoms with E-state index in [0.717, 1.165) is 48.9 Å². The first-order chi connectivity index (χ1) is 18.3. The Hall–Kier alpha value is -3.11. The van der Waals surface area contributed by atoms with Crippen LogP contribution in [0.5, 0.6) is 11.5 Å². The minimum absolute atomic E-state index is 0.00340. The summed E-state index contributed by atoms with van der Waals surface area (Å²) in [6.45, 7) is 6.52. The van der Waals surface area contributed by atoms with Crippen LogP contribution in [0.4, 0.5) is 4.39 Å². The zero-order chi connectivity index (χ0) is 27.5. The van der Waals surface area contributed by atoms with Crippen LogP contribution in [0.25, 0.3) is 6.08 Å². The zero-order valence-electron chi connectivity index (χ0n) is 21.7. The zero-order valence-corrected chi connectivity index (χ0v) is 23.3. The maximum absolute atomic E-state index is 13.2. The maximum Gasteiger partial charge on any atom is 0.284 e. The second kappa shape index (κ2) is 14.2. The molecule has 0 saturated carbocycles. The number of carbonyl (C=O) groups excluding carboxylic acids is 1. The Kier molecular flexibility index (Phi) is 11.0. The van der Waals surface area contributed by atoms with Gasteiger partial charge >= 0.3 is 0 Å². The summed E-state index contributed by atoms with van der Waals surface area (Å²) in [6, 6.07) is 9.71. The highest BCUT2D eigenvalue weighted by molar-refractivity contribution is 8.19. The Balaban J connectivity index is 1.76. The lowest BCUT2D eigenvalue weighted by molar-refractivity contribution is -0.121. The second-order valence-corrected chi connectivity index (χ2v) is 11.3. The lowest BCUT2D eigenvalue weighted by Crippen LogP contribution is -2.29. The predicted octanol–water partition coefficient (Wildman–Crippen LogP) is 6.42. The molecule has 10 heteroatoms. The van der Waals surface area contributed by atoms with Crippen molar-refractivity contribution >= 4 is 38.9 Å². The van der Waals surface area contributed by atoms with E-state index in [9.17, 15) is 17.6 Å². The molecule has 38 heavy (non-hydrogen) atoms. The number of rotatable bonds is 14. The van der Waals surface area contributed by atoms with Crippen LogP contribution in [0.2, 0.25) is 0 Å². The van der Waals surface area contributed by atoms with Crippen molar-refractivity contribution in [1.29, 1.82) is 0 Å². The van der Waals surface area contributed by atoms with Crippen LogP contribution < -0.4 is 9.47 Å². The van der Waals surface area contributed by atoms with Crippen molar-refractivity contribution in [2.75, 3.05) is 20.3 Å². The lowest BCUT2D eigenvalue weighted by Gasteiger charge is -2.12. The molecule has 0 spiro atoms. The average Bonchev–Trinajstić information content (AvgIpc) is 3.17. The van der Waals surface area contributed by atoms with Gasteiger partial charge in [0.05, 0.1) is 23.5 Å². The lowest BCUT2D eigenvalue weighted by atomic mass is 10.1. The number of benzene rings is 2. The Morgan fingerprint density at radius 2 is 1.76 bits per heavy atom. The number of amidine groups is 1. The van der Waals surface area contributed by atoms with E-state index < -0.39 is 21.7 Å². The van der Waals surface area contributed by atoms with Gasteiger partial charge in [0.25, 0.3) is 15.9 Å². The van der Waals surface area contributed by atoms with Crippen LogP contribution in [0, 0.1) is 5.82 Å². The number of thioether (sulfide) groups is 1. The van der Waals surface area contributed by atoms with Crippen LogP contribution in [0.1, 0.15) is 51.0 Å². The third-order valence-corrected chi connectivity index (χ3v) is 8.15. The van der Waals surface area contributed by atoms with Crippen LogP contribution in [-0.2, 0) is 14.8 Å². The average molecular weight is 561 g/mol. The molecule has 3 rings (SSSR count). The fourth-order valence-electron chi connectivity index (χ4n) is 3.74. The number of hydrogen-bond donors (Lipinski definition) is 0. The number of carbonyl (C=O) groups is 1. The van der Waals surface area contributed by atoms with Crippen LogP contribution in [-0.4, -0.2) is 44.7 Å². The van der Waals surface area contributed by atoms with Crippen LogP contribution in [0.3, 0.4) is 0 Å². The molecule has 1 saturated heterocycles. The molecule has 2 aromatic carbocycles. The monoisotopic (exact) mass is 560 g/mol. The first-order valence-electron chi connectivity index (χ1n) is 12.5. The summed E-state index contributed by atoms with van der Waals surface area (Å²) in [7, 11) is -2.61. The number of nitrogens with zero attached hydrogens (tertiary/aromatic N) is 2. The molecule has 0 aliphatic carbocycles. The third-order valence-electron chi connectivity index (χ3n) is 5.75. The number of hydrogen-bond acceptors (Lipinski definition) is 6. The summed E-state index contributed by atoms with van der Waals surface area (Å²) in [5.41, 5.74) is 0.686. The Bertz CT molecular complexity index is 1290. The van der Waals surface area contributed by atoms with Crippen molar-refractivity contribution < 1.29 is 27.1 Å². The van der Waals surface area contributed by atoms with Gasteiger partial charge in [-0.05, 0) is 66.2 Å². The second-order valence-electron chi connectivity index (χ2n) is 8.64. The minimum atomic E-state index is -4.16. The topological polar surface area (TPSA) is 85.3 Å². The Morgan fingerprint density at radius 1 is 1.05 bits per heavy atom. The number of sulfonamides is 1. The third kappa shape index (κ3) is 7.94. The van der Waals surface area contributed by atoms with Gasteiger partial charge in [-0.15, -0.1) is 11.0 Å². The molecule has 1 aliphatic heterocycles. The molecule has 1 heterocycles. The van der Waals surface area contributed by atoms with Gasteiger partial charge in [-0.25, -0.2) is 4.39 Å². The van der Waals surface area contributed by atoms with Crippen molar-refractivity contribution in [3.63, 3.8) is 0 Å². The quantitative estimate of drug-likeness (QED) is 0.151. The van der Waals surface area contributed by atoms with Gasteiger partial charge in [0.1, 0.15) is 5.82 Å². The molecule has 7 nitrogen and oxygen atoms in total. The van der Waals surface area contributed by atoms with Gasteiger partial charge in [0.15, 0.2) is 16.7 Å². The maximum atomic E-state index is 13.2. The fraction of sp³-hybridized carbons (Fsp3) is 0.357. The normalized spacial score (nSPS) is 15.9. The molecule has 0 bridgehead atoms. The van der Waals surface area contributed by atoms with Crippen molar-refractivity contribution in [1.82, 2.24) is 4.90 Å². The summed E-state index contributed by atoms with van der Waals surface area (Å²) in [5.74, 6) is 0.200. The van der Waals surface area contributed by atoms with Crippen molar-refractivity contribution in [3.8, 4) is 11.5 Å². The highest BCUT2D eigenvalue weighted by Gasteiger charge is 2.34. The SMILES string of the molecule is C=CCN1C(=O)/C(=C/c2ccc(OCCCCCCCC)c(OC)c2)SC1=NS(=O)(=O)c1ccc(F)cc1. The number of ether oxygens (including phenoxy) is 2. The smallest absolute Gasteiger partial charge is 0.284 e. The standard InChI is InChI=1S/C28H33FN2O5S2/c1-4-6-7-8-9-10-18-36-24-16-11-21(19-25(24)35-3)20-26-27(32)31(17-5-2)28(37-26)30-38(33,34)23-14-12-22(29)13-15-23/h5,11-16,19-20H,2,4,6-10,17-18H2,1,3H3/b26-20-,30-28?. The number of amides is 1. The molecular weight excluding hydrogens is 527 g/mol. The molecule has 1 fully saturated rings. The molecule has 0 radical (unpaired) electrons. The summed E-state index contributed by atoms with van der Waals surface area (Å²) in [6.07, 6.45) is 10.1. The first-order valence-corrected chi connectivity index (χ1v) is 14.8. The summed E-state index contributed by atoms with van der Waals surface area (Å²) >= 11 is 0.943. The van der Waals surface area contributed by atoms with Crippen LogP contribution >= 0.6 is 11.8 Å². The van der Waals surface area contributed by atoms with Gasteiger partial charge in [-0.2, -0.15) is 8.42 Å². The molecular formula is C28H33FN2O5S2. The molecule has 0 unspecified atom stereocenters. The fourth-order valence-corrected chi connectivity index (χ4v) is 5.93. The van der Waals surface area contributed by atoms with E-state index in [4.69, 9.17) is 9.47 Å². The van der Waals surface area contributed by atoms with Gasteiger partial charge in [-0.1, -0.05) is 51.2 Å². The molecule has 204 valence electrons. The molecule has 0 aromatic heterocycles. The molecule has 1 aliphatic rings. The van der Waals surface area contributed by atoms with E-state index in [1.165, 1.54) is 36.7 Å². The predicted molar refractivity (Wildman–Crippen MR) is 150 cm³/mol. The minimum Gasteiger partial charge on any atom is -0.493 e. The number of methoxy groups -OCH3 is 1. The highest BCUT2D eigenvalue weighted by atomic mass is 32.2. The van der Waals surface area contributed by atoms with Crippen molar-refractivity contribution in [2.24, 2.45) is 4.40 Å². The van der Waals surface area contributed by atoms with Gasteiger partial charge < -0.3 is 9.47 Å². The van der Waals surface area contributed by atoms with Crippen molar-refractivity contribution in [2.45, 2.75) is 50.3 Å². The van der Waals surface area contributed by atoms with Gasteiger partial charge in [0.2, 0.25) is 0 Å². The van der Waals surface area contributed by atoms with E-state index in [1.54, 1.807) is 25.3 Å². The number of halogens is 1. The highest BCUT2D eigenvalue weighted by Crippen LogP contribution is 2.35.